The van der Waals surface area contributed by atoms with E-state index >= 15 is 0 Å². The second-order valence-electron chi connectivity index (χ2n) is 2.10. The van der Waals surface area contributed by atoms with Crippen LogP contribution >= 0.6 is 11.6 Å². The van der Waals surface area contributed by atoms with Crippen LogP contribution in [0.25, 0.3) is 4.85 Å². The minimum Gasteiger partial charge on any atom is -0.506 e. The molecule has 0 aliphatic rings. The number of halogens is 1. The minimum absolute atomic E-state index is 0.0559. The van der Waals surface area contributed by atoms with Crippen LogP contribution in [0, 0.1) is 6.57 Å². The fraction of sp³-hybridized carbons (Fsp3) is 0.125. The summed E-state index contributed by atoms with van der Waals surface area (Å²) in [7, 11) is 0. The van der Waals surface area contributed by atoms with E-state index in [0.29, 0.717) is 11.6 Å². The number of benzene rings is 1. The van der Waals surface area contributed by atoms with Gasteiger partial charge in [0.05, 0.1) is 5.02 Å². The van der Waals surface area contributed by atoms with E-state index < -0.39 is 0 Å². The molecule has 0 radical (unpaired) electrons. The van der Waals surface area contributed by atoms with Crippen molar-refractivity contribution in [2.24, 2.45) is 0 Å². The van der Waals surface area contributed by atoms with Gasteiger partial charge >= 0.3 is 0 Å². The first-order valence-corrected chi connectivity index (χ1v) is 3.42. The molecule has 0 amide bonds. The number of aromatic hydroxyl groups is 1. The number of phenolic OH excluding ortho intramolecular Hbond substituents is 1. The van der Waals surface area contributed by atoms with Gasteiger partial charge in [-0.3, -0.25) is 0 Å². The van der Waals surface area contributed by atoms with Crippen LogP contribution in [0.5, 0.6) is 5.75 Å². The Hall–Kier alpha value is -1.20. The average molecular weight is 168 g/mol. The second kappa shape index (κ2) is 3.27. The van der Waals surface area contributed by atoms with Crippen LogP contribution in [0.4, 0.5) is 0 Å². The zero-order chi connectivity index (χ0) is 8.27. The van der Waals surface area contributed by atoms with Crippen LogP contribution in [-0.2, 0) is 6.54 Å². The van der Waals surface area contributed by atoms with Gasteiger partial charge in [0.25, 0.3) is 0 Å². The molecule has 0 spiro atoms. The summed E-state index contributed by atoms with van der Waals surface area (Å²) in [5.41, 5.74) is 0.822. The predicted molar refractivity (Wildman–Crippen MR) is 43.4 cm³/mol. The highest BCUT2D eigenvalue weighted by atomic mass is 35.5. The van der Waals surface area contributed by atoms with Crippen LogP contribution in [0.2, 0.25) is 5.02 Å². The van der Waals surface area contributed by atoms with E-state index in [2.05, 4.69) is 4.85 Å². The van der Waals surface area contributed by atoms with E-state index in [1.165, 1.54) is 6.07 Å². The van der Waals surface area contributed by atoms with Crippen molar-refractivity contribution in [3.8, 4) is 5.75 Å². The third-order valence-corrected chi connectivity index (χ3v) is 1.58. The predicted octanol–water partition coefficient (Wildman–Crippen LogP) is 2.46. The van der Waals surface area contributed by atoms with E-state index in [9.17, 15) is 0 Å². The highest BCUT2D eigenvalue weighted by Gasteiger charge is 2.00. The molecule has 56 valence electrons. The van der Waals surface area contributed by atoms with Gasteiger partial charge in [0.15, 0.2) is 0 Å². The lowest BCUT2D eigenvalue weighted by Gasteiger charge is -1.95. The Labute approximate surface area is 69.9 Å². The standard InChI is InChI=1S/C8H6ClNO/c1-10-5-6-2-3-8(11)7(9)4-6/h2-4,11H,5H2. The molecule has 1 aromatic rings. The Morgan fingerprint density at radius 1 is 1.55 bits per heavy atom. The van der Waals surface area contributed by atoms with Gasteiger partial charge in [0.1, 0.15) is 5.75 Å². The van der Waals surface area contributed by atoms with Crippen molar-refractivity contribution in [3.63, 3.8) is 0 Å². The lowest BCUT2D eigenvalue weighted by Crippen LogP contribution is -1.78. The average Bonchev–Trinajstić information content (AvgIpc) is 1.98. The lowest BCUT2D eigenvalue weighted by molar-refractivity contribution is 0.475. The molecule has 0 unspecified atom stereocenters. The molecule has 0 aliphatic carbocycles. The third-order valence-electron chi connectivity index (χ3n) is 1.27. The summed E-state index contributed by atoms with van der Waals surface area (Å²) in [6.45, 7) is 6.89. The fourth-order valence-corrected chi connectivity index (χ4v) is 0.943. The summed E-state index contributed by atoms with van der Waals surface area (Å²) >= 11 is 5.60. The normalized spacial score (nSPS) is 9.09. The molecular formula is C8H6ClNO. The Balaban J connectivity index is 2.98. The maximum atomic E-state index is 9.00. The quantitative estimate of drug-likeness (QED) is 0.639. The van der Waals surface area contributed by atoms with E-state index in [0.717, 1.165) is 5.56 Å². The molecule has 0 aromatic heterocycles. The monoisotopic (exact) mass is 167 g/mol. The van der Waals surface area contributed by atoms with E-state index in [1.807, 2.05) is 0 Å². The summed E-state index contributed by atoms with van der Waals surface area (Å²) in [6.07, 6.45) is 0. The summed E-state index contributed by atoms with van der Waals surface area (Å²) in [4.78, 5) is 3.19. The maximum Gasteiger partial charge on any atom is 0.239 e. The van der Waals surface area contributed by atoms with Gasteiger partial charge in [-0.15, -0.1) is 0 Å². The highest BCUT2D eigenvalue weighted by Crippen LogP contribution is 2.23. The van der Waals surface area contributed by atoms with Gasteiger partial charge in [-0.05, 0) is 18.2 Å². The number of hydrogen-bond donors (Lipinski definition) is 1. The number of hydrogen-bond acceptors (Lipinski definition) is 1. The molecule has 0 saturated carbocycles. The third kappa shape index (κ3) is 1.86. The van der Waals surface area contributed by atoms with Gasteiger partial charge in [0.2, 0.25) is 6.54 Å². The summed E-state index contributed by atoms with van der Waals surface area (Å²) in [5.74, 6) is 0.0559. The lowest BCUT2D eigenvalue weighted by atomic mass is 10.2. The maximum absolute atomic E-state index is 9.00. The van der Waals surface area contributed by atoms with Crippen LogP contribution in [0.1, 0.15) is 5.56 Å². The van der Waals surface area contributed by atoms with Crippen molar-refractivity contribution in [2.75, 3.05) is 0 Å². The zero-order valence-corrected chi connectivity index (χ0v) is 6.47. The van der Waals surface area contributed by atoms with E-state index in [1.54, 1.807) is 12.1 Å². The van der Waals surface area contributed by atoms with Crippen molar-refractivity contribution in [1.82, 2.24) is 0 Å². The van der Waals surface area contributed by atoms with Gasteiger partial charge in [-0.2, -0.15) is 0 Å². The van der Waals surface area contributed by atoms with Crippen molar-refractivity contribution < 1.29 is 5.11 Å². The van der Waals surface area contributed by atoms with Crippen molar-refractivity contribution in [2.45, 2.75) is 6.54 Å². The largest absolute Gasteiger partial charge is 0.506 e. The molecule has 1 rings (SSSR count). The van der Waals surface area contributed by atoms with Crippen molar-refractivity contribution in [3.05, 3.63) is 40.2 Å². The van der Waals surface area contributed by atoms with Crippen molar-refractivity contribution >= 4 is 11.6 Å². The van der Waals surface area contributed by atoms with Crippen LogP contribution in [0.3, 0.4) is 0 Å². The first kappa shape index (κ1) is 7.90. The van der Waals surface area contributed by atoms with Gasteiger partial charge in [-0.1, -0.05) is 11.6 Å². The smallest absolute Gasteiger partial charge is 0.239 e. The number of phenols is 1. The Morgan fingerprint density at radius 2 is 2.27 bits per heavy atom. The SMILES string of the molecule is [C-]#[N+]Cc1ccc(O)c(Cl)c1. The summed E-state index contributed by atoms with van der Waals surface area (Å²) < 4.78 is 0. The molecule has 0 bridgehead atoms. The number of nitrogens with zero attached hydrogens (tertiary/aromatic N) is 1. The molecule has 3 heteroatoms. The first-order valence-electron chi connectivity index (χ1n) is 3.04. The number of rotatable bonds is 1. The topological polar surface area (TPSA) is 24.6 Å². The Kier molecular flexibility index (Phi) is 2.35. The van der Waals surface area contributed by atoms with Gasteiger partial charge in [-0.25, -0.2) is 6.57 Å². The molecule has 2 nitrogen and oxygen atoms in total. The molecule has 11 heavy (non-hydrogen) atoms. The molecule has 0 saturated heterocycles. The molecule has 0 fully saturated rings. The summed E-state index contributed by atoms with van der Waals surface area (Å²) in [6, 6.07) is 4.76. The minimum atomic E-state index is 0.0559. The van der Waals surface area contributed by atoms with Crippen molar-refractivity contribution in [1.29, 1.82) is 0 Å². The Bertz CT molecular complexity index is 303. The van der Waals surface area contributed by atoms with E-state index in [4.69, 9.17) is 23.3 Å². The molecular weight excluding hydrogens is 162 g/mol. The molecule has 0 aliphatic heterocycles. The first-order chi connectivity index (χ1) is 5.24. The molecule has 0 atom stereocenters. The molecule has 1 aromatic carbocycles. The Morgan fingerprint density at radius 3 is 2.82 bits per heavy atom. The second-order valence-corrected chi connectivity index (χ2v) is 2.51. The zero-order valence-electron chi connectivity index (χ0n) is 5.71. The summed E-state index contributed by atoms with van der Waals surface area (Å²) in [5, 5.41) is 9.30. The van der Waals surface area contributed by atoms with Crippen LogP contribution < -0.4 is 0 Å². The molecule has 0 heterocycles. The highest BCUT2D eigenvalue weighted by molar-refractivity contribution is 6.32. The molecule has 1 N–H and O–H groups in total. The van der Waals surface area contributed by atoms with Gasteiger partial charge < -0.3 is 9.95 Å². The van der Waals surface area contributed by atoms with E-state index in [-0.39, 0.29) is 5.75 Å². The van der Waals surface area contributed by atoms with Crippen LogP contribution in [-0.4, -0.2) is 5.11 Å². The fourth-order valence-electron chi connectivity index (χ4n) is 0.740. The van der Waals surface area contributed by atoms with Crippen LogP contribution in [0.15, 0.2) is 18.2 Å². The van der Waals surface area contributed by atoms with Gasteiger partial charge in [0, 0.05) is 5.56 Å².